The van der Waals surface area contributed by atoms with Gasteiger partial charge in [-0.1, -0.05) is 13.8 Å². The molecule has 0 aliphatic heterocycles. The van der Waals surface area contributed by atoms with Gasteiger partial charge in [-0.2, -0.15) is 57.1 Å². The molecule has 0 aliphatic rings. The number of hydrogen-bond donors (Lipinski definition) is 0. The Morgan fingerprint density at radius 2 is 0.917 bits per heavy atom. The highest BCUT2D eigenvalue weighted by Gasteiger charge is 2.93. The first-order valence-corrected chi connectivity index (χ1v) is 5.76. The molecular weight excluding hydrogens is 383 g/mol. The third kappa shape index (κ3) is 3.38. The third-order valence-electron chi connectivity index (χ3n) is 2.62. The molecule has 0 aromatic carbocycles. The van der Waals surface area contributed by atoms with Crippen molar-refractivity contribution in [1.29, 1.82) is 0 Å². The van der Waals surface area contributed by atoms with E-state index in [2.05, 4.69) is 4.74 Å². The number of alkyl halides is 13. The third-order valence-corrected chi connectivity index (χ3v) is 2.62. The standard InChI is InChI=1S/C10H9F13O/c1-4(2)3-24-5(8(15,16)17,9(18,19)20)6(11,12)7(13,14)10(21,22)23/h4H,3H2,1-2H3. The average Bonchev–Trinajstić information content (AvgIpc) is 2.22. The Bertz CT molecular complexity index is 414. The number of halogens is 13. The van der Waals surface area contributed by atoms with Crippen LogP contribution in [0, 0.1) is 5.92 Å². The van der Waals surface area contributed by atoms with Gasteiger partial charge in [-0.3, -0.25) is 0 Å². The van der Waals surface area contributed by atoms with Crippen LogP contribution in [0.3, 0.4) is 0 Å². The summed E-state index contributed by atoms with van der Waals surface area (Å²) in [6.07, 6.45) is -22.1. The summed E-state index contributed by atoms with van der Waals surface area (Å²) in [5.74, 6) is -16.7. The lowest BCUT2D eigenvalue weighted by atomic mass is 9.88. The second-order valence-corrected chi connectivity index (χ2v) is 5.03. The van der Waals surface area contributed by atoms with Crippen LogP contribution >= 0.6 is 0 Å². The summed E-state index contributed by atoms with van der Waals surface area (Å²) in [6.45, 7) is -0.0996. The van der Waals surface area contributed by atoms with Gasteiger partial charge in [0.1, 0.15) is 0 Å². The molecule has 24 heavy (non-hydrogen) atoms. The van der Waals surface area contributed by atoms with E-state index in [0.717, 1.165) is 13.8 Å². The summed E-state index contributed by atoms with van der Waals surface area (Å²) in [6, 6.07) is 0. The van der Waals surface area contributed by atoms with Gasteiger partial charge in [-0.25, -0.2) is 0 Å². The van der Waals surface area contributed by atoms with E-state index in [9.17, 15) is 57.1 Å². The molecule has 146 valence electrons. The molecule has 0 unspecified atom stereocenters. The van der Waals surface area contributed by atoms with E-state index in [-0.39, 0.29) is 0 Å². The highest BCUT2D eigenvalue weighted by molar-refractivity contribution is 5.13. The van der Waals surface area contributed by atoms with E-state index >= 15 is 0 Å². The molecule has 0 bridgehead atoms. The molecule has 0 aromatic rings. The fourth-order valence-corrected chi connectivity index (χ4v) is 1.46. The van der Waals surface area contributed by atoms with Crippen molar-refractivity contribution < 1.29 is 61.8 Å². The molecule has 0 spiro atoms. The van der Waals surface area contributed by atoms with Gasteiger partial charge in [-0.05, 0) is 5.92 Å². The van der Waals surface area contributed by atoms with Crippen LogP contribution in [0.1, 0.15) is 13.8 Å². The minimum atomic E-state index is -7.73. The summed E-state index contributed by atoms with van der Waals surface area (Å²) in [5.41, 5.74) is -7.06. The Hall–Kier alpha value is -0.950. The second kappa shape index (κ2) is 6.09. The first kappa shape index (κ1) is 23.1. The lowest BCUT2D eigenvalue weighted by molar-refractivity contribution is -0.482. The van der Waals surface area contributed by atoms with Gasteiger partial charge in [-0.15, -0.1) is 0 Å². The summed E-state index contributed by atoms with van der Waals surface area (Å²) in [7, 11) is 0. The monoisotopic (exact) mass is 392 g/mol. The number of hydrogen-bond acceptors (Lipinski definition) is 1. The van der Waals surface area contributed by atoms with E-state index in [1.807, 2.05) is 0 Å². The van der Waals surface area contributed by atoms with E-state index < -0.39 is 48.5 Å². The van der Waals surface area contributed by atoms with Crippen molar-refractivity contribution in [3.05, 3.63) is 0 Å². The van der Waals surface area contributed by atoms with Gasteiger partial charge in [0.2, 0.25) is 0 Å². The Kier molecular flexibility index (Phi) is 5.85. The fourth-order valence-electron chi connectivity index (χ4n) is 1.46. The quantitative estimate of drug-likeness (QED) is 0.573. The molecule has 0 radical (unpaired) electrons. The minimum absolute atomic E-state index is 0.859. The molecule has 0 heterocycles. The molecule has 0 amide bonds. The Morgan fingerprint density at radius 3 is 1.12 bits per heavy atom. The maximum Gasteiger partial charge on any atom is 0.460 e. The Balaban J connectivity index is 6.70. The van der Waals surface area contributed by atoms with Crippen LogP contribution in [0.15, 0.2) is 0 Å². The summed E-state index contributed by atoms with van der Waals surface area (Å²) < 4.78 is 168. The average molecular weight is 392 g/mol. The predicted octanol–water partition coefficient (Wildman–Crippen LogP) is 5.36. The largest absolute Gasteiger partial charge is 0.460 e. The zero-order chi connectivity index (χ0) is 20.0. The smallest absolute Gasteiger partial charge is 0.353 e. The summed E-state index contributed by atoms with van der Waals surface area (Å²) >= 11 is 0. The lowest BCUT2D eigenvalue weighted by Crippen LogP contribution is -2.76. The van der Waals surface area contributed by atoms with Gasteiger partial charge in [0, 0.05) is 0 Å². The molecule has 0 aromatic heterocycles. The Labute approximate surface area is 125 Å². The first-order chi connectivity index (χ1) is 10.2. The predicted molar refractivity (Wildman–Crippen MR) is 51.6 cm³/mol. The number of ether oxygens (including phenoxy) is 1. The fraction of sp³-hybridized carbons (Fsp3) is 1.00. The van der Waals surface area contributed by atoms with Crippen molar-refractivity contribution in [3.63, 3.8) is 0 Å². The molecular formula is C10H9F13O. The zero-order valence-electron chi connectivity index (χ0n) is 11.6. The van der Waals surface area contributed by atoms with Gasteiger partial charge in [0.15, 0.2) is 0 Å². The van der Waals surface area contributed by atoms with Crippen molar-refractivity contribution in [2.45, 2.75) is 49.8 Å². The topological polar surface area (TPSA) is 9.23 Å². The van der Waals surface area contributed by atoms with Crippen LogP contribution in [0.4, 0.5) is 57.1 Å². The molecule has 0 atom stereocenters. The zero-order valence-corrected chi connectivity index (χ0v) is 11.6. The van der Waals surface area contributed by atoms with E-state index in [0.29, 0.717) is 0 Å². The molecule has 1 nitrogen and oxygen atoms in total. The molecule has 0 aliphatic carbocycles. The van der Waals surface area contributed by atoms with Crippen LogP contribution in [0.5, 0.6) is 0 Å². The molecule has 0 saturated heterocycles. The van der Waals surface area contributed by atoms with Gasteiger partial charge >= 0.3 is 36.0 Å². The Morgan fingerprint density at radius 1 is 0.583 bits per heavy atom. The van der Waals surface area contributed by atoms with E-state index in [1.165, 1.54) is 0 Å². The number of rotatable bonds is 5. The van der Waals surface area contributed by atoms with Gasteiger partial charge < -0.3 is 4.74 Å². The van der Waals surface area contributed by atoms with E-state index in [1.54, 1.807) is 0 Å². The van der Waals surface area contributed by atoms with Crippen molar-refractivity contribution >= 4 is 0 Å². The van der Waals surface area contributed by atoms with Crippen molar-refractivity contribution in [1.82, 2.24) is 0 Å². The first-order valence-electron chi connectivity index (χ1n) is 5.76. The van der Waals surface area contributed by atoms with Crippen molar-refractivity contribution in [3.8, 4) is 0 Å². The lowest BCUT2D eigenvalue weighted by Gasteiger charge is -2.44. The van der Waals surface area contributed by atoms with Crippen LogP contribution in [-0.4, -0.2) is 42.6 Å². The highest BCUT2D eigenvalue weighted by atomic mass is 19.4. The molecule has 14 heteroatoms. The van der Waals surface area contributed by atoms with E-state index in [4.69, 9.17) is 0 Å². The summed E-state index contributed by atoms with van der Waals surface area (Å²) in [4.78, 5) is 0. The molecule has 0 saturated carbocycles. The van der Waals surface area contributed by atoms with Crippen molar-refractivity contribution in [2.24, 2.45) is 5.92 Å². The highest BCUT2D eigenvalue weighted by Crippen LogP contribution is 2.61. The van der Waals surface area contributed by atoms with Crippen LogP contribution in [0.25, 0.3) is 0 Å². The van der Waals surface area contributed by atoms with Gasteiger partial charge in [0.25, 0.3) is 0 Å². The van der Waals surface area contributed by atoms with Crippen molar-refractivity contribution in [2.75, 3.05) is 6.61 Å². The second-order valence-electron chi connectivity index (χ2n) is 5.03. The maximum atomic E-state index is 13.4. The normalized spacial score (nSPS) is 16.0. The van der Waals surface area contributed by atoms with Crippen LogP contribution in [0.2, 0.25) is 0 Å². The van der Waals surface area contributed by atoms with Crippen LogP contribution in [-0.2, 0) is 4.74 Å². The molecule has 0 rings (SSSR count). The minimum Gasteiger partial charge on any atom is -0.353 e. The maximum absolute atomic E-state index is 13.4. The molecule has 0 N–H and O–H groups in total. The SMILES string of the molecule is CC(C)COC(C(F)(F)F)(C(F)(F)F)C(F)(F)C(F)(F)C(F)(F)F. The summed E-state index contributed by atoms with van der Waals surface area (Å²) in [5, 5.41) is 0. The van der Waals surface area contributed by atoms with Crippen LogP contribution < -0.4 is 0 Å². The molecule has 0 fully saturated rings. The van der Waals surface area contributed by atoms with Gasteiger partial charge in [0.05, 0.1) is 6.61 Å².